The lowest BCUT2D eigenvalue weighted by molar-refractivity contribution is 0.0735. The summed E-state index contributed by atoms with van der Waals surface area (Å²) in [7, 11) is 0. The molecular formula is C22H19N3O2S. The van der Waals surface area contributed by atoms with Gasteiger partial charge in [0.2, 0.25) is 0 Å². The first-order chi connectivity index (χ1) is 13.6. The third kappa shape index (κ3) is 5.75. The minimum absolute atomic E-state index is 0.389. The van der Waals surface area contributed by atoms with Crippen molar-refractivity contribution in [1.82, 2.24) is 5.43 Å². The van der Waals surface area contributed by atoms with Crippen molar-refractivity contribution in [2.75, 3.05) is 5.32 Å². The summed E-state index contributed by atoms with van der Waals surface area (Å²) in [5, 5.41) is 7.52. The summed E-state index contributed by atoms with van der Waals surface area (Å²) in [6.45, 7) is 1.97. The zero-order valence-corrected chi connectivity index (χ0v) is 16.1. The van der Waals surface area contributed by atoms with Crippen LogP contribution in [0.4, 0.5) is 5.69 Å². The van der Waals surface area contributed by atoms with Crippen LogP contribution in [0.3, 0.4) is 0 Å². The number of hydrogen-bond donors (Lipinski definition) is 2. The van der Waals surface area contributed by atoms with Gasteiger partial charge in [-0.05, 0) is 73.2 Å². The average molecular weight is 389 g/mol. The first-order valence-electron chi connectivity index (χ1n) is 8.64. The highest BCUT2D eigenvalue weighted by atomic mass is 32.1. The Labute approximate surface area is 169 Å². The maximum Gasteiger partial charge on any atom is 0.343 e. The molecule has 0 atom stereocenters. The van der Waals surface area contributed by atoms with Crippen molar-refractivity contribution in [3.8, 4) is 5.75 Å². The number of hydrogen-bond acceptors (Lipinski definition) is 4. The van der Waals surface area contributed by atoms with Crippen LogP contribution in [0.2, 0.25) is 0 Å². The number of nitrogens with one attached hydrogen (secondary N) is 2. The number of aryl methyl sites for hydroxylation is 1. The zero-order valence-electron chi connectivity index (χ0n) is 15.3. The highest BCUT2D eigenvalue weighted by Gasteiger charge is 2.07. The van der Waals surface area contributed by atoms with E-state index < -0.39 is 0 Å². The summed E-state index contributed by atoms with van der Waals surface area (Å²) < 4.78 is 5.37. The van der Waals surface area contributed by atoms with Gasteiger partial charge in [-0.25, -0.2) is 4.79 Å². The Bertz CT molecular complexity index is 969. The Morgan fingerprint density at radius 2 is 1.64 bits per heavy atom. The molecule has 2 N–H and O–H groups in total. The summed E-state index contributed by atoms with van der Waals surface area (Å²) in [6.07, 6.45) is 1.63. The number of benzene rings is 3. The van der Waals surface area contributed by atoms with Crippen LogP contribution in [0.1, 0.15) is 21.5 Å². The molecule has 0 radical (unpaired) electrons. The first-order valence-corrected chi connectivity index (χ1v) is 9.05. The summed E-state index contributed by atoms with van der Waals surface area (Å²) in [4.78, 5) is 12.1. The number of thiocarbonyl (C=S) groups is 1. The molecule has 0 heterocycles. The number of para-hydroxylation sites is 1. The Morgan fingerprint density at radius 1 is 0.964 bits per heavy atom. The van der Waals surface area contributed by atoms with Crippen LogP contribution in [0.5, 0.6) is 5.75 Å². The van der Waals surface area contributed by atoms with E-state index in [4.69, 9.17) is 17.0 Å². The number of anilines is 1. The van der Waals surface area contributed by atoms with Crippen LogP contribution in [-0.4, -0.2) is 17.3 Å². The summed E-state index contributed by atoms with van der Waals surface area (Å²) in [6, 6.07) is 23.9. The van der Waals surface area contributed by atoms with Gasteiger partial charge in [-0.2, -0.15) is 5.10 Å². The van der Waals surface area contributed by atoms with Gasteiger partial charge in [0, 0.05) is 5.69 Å². The van der Waals surface area contributed by atoms with Crippen molar-refractivity contribution in [3.05, 3.63) is 95.6 Å². The van der Waals surface area contributed by atoms with E-state index in [1.807, 2.05) is 49.4 Å². The second kappa shape index (κ2) is 9.43. The number of esters is 1. The lowest BCUT2D eigenvalue weighted by Gasteiger charge is -2.06. The molecular weight excluding hydrogens is 370 g/mol. The number of hydrazone groups is 1. The minimum atomic E-state index is -0.389. The van der Waals surface area contributed by atoms with E-state index in [9.17, 15) is 4.79 Å². The predicted molar refractivity (Wildman–Crippen MR) is 116 cm³/mol. The molecule has 0 saturated heterocycles. The van der Waals surface area contributed by atoms with Crippen LogP contribution in [0.25, 0.3) is 0 Å². The quantitative estimate of drug-likeness (QED) is 0.221. The molecule has 0 spiro atoms. The molecule has 0 bridgehead atoms. The summed E-state index contributed by atoms with van der Waals surface area (Å²) in [5.74, 6) is 0.0809. The maximum atomic E-state index is 12.1. The van der Waals surface area contributed by atoms with E-state index in [1.54, 1.807) is 42.6 Å². The van der Waals surface area contributed by atoms with Crippen molar-refractivity contribution in [3.63, 3.8) is 0 Å². The largest absolute Gasteiger partial charge is 0.423 e. The fourth-order valence-corrected chi connectivity index (χ4v) is 2.49. The van der Waals surface area contributed by atoms with Crippen LogP contribution < -0.4 is 15.5 Å². The third-order valence-corrected chi connectivity index (χ3v) is 3.98. The number of nitrogens with zero attached hydrogens (tertiary/aromatic N) is 1. The molecule has 140 valence electrons. The molecule has 0 saturated carbocycles. The van der Waals surface area contributed by atoms with E-state index in [0.717, 1.165) is 16.8 Å². The van der Waals surface area contributed by atoms with Crippen LogP contribution >= 0.6 is 12.2 Å². The van der Waals surface area contributed by atoms with Crippen LogP contribution in [0, 0.1) is 6.92 Å². The van der Waals surface area contributed by atoms with Gasteiger partial charge in [-0.3, -0.25) is 5.43 Å². The third-order valence-electron chi connectivity index (χ3n) is 3.79. The average Bonchev–Trinajstić information content (AvgIpc) is 2.70. The Balaban J connectivity index is 1.51. The van der Waals surface area contributed by atoms with Gasteiger partial charge in [-0.15, -0.1) is 0 Å². The SMILES string of the molecule is Cc1ccc(C(=O)Oc2ccc(/C=N/NC(=S)Nc3ccccc3)cc2)cc1. The highest BCUT2D eigenvalue weighted by Crippen LogP contribution is 2.14. The second-order valence-corrected chi connectivity index (χ2v) is 6.42. The van der Waals surface area contributed by atoms with E-state index in [2.05, 4.69) is 15.8 Å². The molecule has 0 aliphatic rings. The molecule has 5 nitrogen and oxygen atoms in total. The van der Waals surface area contributed by atoms with Gasteiger partial charge in [0.05, 0.1) is 11.8 Å². The monoisotopic (exact) mass is 389 g/mol. The van der Waals surface area contributed by atoms with Gasteiger partial charge in [0.15, 0.2) is 5.11 Å². The highest BCUT2D eigenvalue weighted by molar-refractivity contribution is 7.80. The molecule has 3 aromatic carbocycles. The number of ether oxygens (including phenoxy) is 1. The number of carbonyl (C=O) groups excluding carboxylic acids is 1. The standard InChI is InChI=1S/C22H19N3O2S/c1-16-7-11-18(12-8-16)21(26)27-20-13-9-17(10-14-20)15-23-25-22(28)24-19-5-3-2-4-6-19/h2-15H,1H3,(H2,24,25,28)/b23-15+. The van der Waals surface area contributed by atoms with Crippen LogP contribution in [0.15, 0.2) is 84.0 Å². The molecule has 0 aliphatic heterocycles. The normalized spacial score (nSPS) is 10.5. The molecule has 0 fully saturated rings. The molecule has 28 heavy (non-hydrogen) atoms. The smallest absolute Gasteiger partial charge is 0.343 e. The van der Waals surface area contributed by atoms with Gasteiger partial charge in [0.1, 0.15) is 5.75 Å². The van der Waals surface area contributed by atoms with E-state index >= 15 is 0 Å². The fraction of sp³-hybridized carbons (Fsp3) is 0.0455. The minimum Gasteiger partial charge on any atom is -0.423 e. The van der Waals surface area contributed by atoms with E-state index in [-0.39, 0.29) is 5.97 Å². The van der Waals surface area contributed by atoms with Gasteiger partial charge < -0.3 is 10.1 Å². The van der Waals surface area contributed by atoms with Crippen molar-refractivity contribution in [2.24, 2.45) is 5.10 Å². The van der Waals surface area contributed by atoms with Crippen molar-refractivity contribution in [2.45, 2.75) is 6.92 Å². The molecule has 0 amide bonds. The summed E-state index contributed by atoms with van der Waals surface area (Å²) in [5.41, 5.74) is 6.08. The van der Waals surface area contributed by atoms with E-state index in [0.29, 0.717) is 16.4 Å². The lowest BCUT2D eigenvalue weighted by Crippen LogP contribution is -2.23. The maximum absolute atomic E-state index is 12.1. The summed E-state index contributed by atoms with van der Waals surface area (Å²) >= 11 is 5.18. The van der Waals surface area contributed by atoms with Crippen molar-refractivity contribution in [1.29, 1.82) is 0 Å². The van der Waals surface area contributed by atoms with Gasteiger partial charge in [0.25, 0.3) is 0 Å². The van der Waals surface area contributed by atoms with Gasteiger partial charge >= 0.3 is 5.97 Å². The first kappa shape index (κ1) is 19.3. The second-order valence-electron chi connectivity index (χ2n) is 6.01. The Hall–Kier alpha value is -3.51. The predicted octanol–water partition coefficient (Wildman–Crippen LogP) is 4.53. The van der Waals surface area contributed by atoms with E-state index in [1.165, 1.54) is 0 Å². The molecule has 3 rings (SSSR count). The van der Waals surface area contributed by atoms with Crippen molar-refractivity contribution < 1.29 is 9.53 Å². The van der Waals surface area contributed by atoms with Crippen molar-refractivity contribution >= 4 is 35.2 Å². The van der Waals surface area contributed by atoms with Gasteiger partial charge in [-0.1, -0.05) is 35.9 Å². The molecule has 3 aromatic rings. The molecule has 0 unspecified atom stereocenters. The molecule has 6 heteroatoms. The topological polar surface area (TPSA) is 62.7 Å². The number of rotatable bonds is 5. The Morgan fingerprint density at radius 3 is 2.32 bits per heavy atom. The fourth-order valence-electron chi connectivity index (χ4n) is 2.32. The zero-order chi connectivity index (χ0) is 19.8. The molecule has 0 aliphatic carbocycles. The molecule has 0 aromatic heterocycles. The van der Waals surface area contributed by atoms with Crippen LogP contribution in [-0.2, 0) is 0 Å². The Kier molecular flexibility index (Phi) is 6.49. The number of carbonyl (C=O) groups is 1. The lowest BCUT2D eigenvalue weighted by atomic mass is 10.1.